The van der Waals surface area contributed by atoms with Gasteiger partial charge in [-0.15, -0.1) is 0 Å². The molecule has 1 aromatic carbocycles. The Balaban J connectivity index is 1.88. The minimum atomic E-state index is -0.420. The van der Waals surface area contributed by atoms with Crippen LogP contribution < -0.4 is 0 Å². The van der Waals surface area contributed by atoms with Gasteiger partial charge in [0.2, 0.25) is 0 Å². The molecule has 2 heterocycles. The quantitative estimate of drug-likeness (QED) is 0.878. The average molecular weight is 324 g/mol. The van der Waals surface area contributed by atoms with Crippen LogP contribution in [-0.2, 0) is 0 Å². The van der Waals surface area contributed by atoms with Gasteiger partial charge in [-0.25, -0.2) is 0 Å². The average Bonchev–Trinajstić information content (AvgIpc) is 2.80. The van der Waals surface area contributed by atoms with Gasteiger partial charge in [0, 0.05) is 22.9 Å². The molecule has 0 radical (unpaired) electrons. The summed E-state index contributed by atoms with van der Waals surface area (Å²) in [6.45, 7) is 1.07. The van der Waals surface area contributed by atoms with Crippen LogP contribution in [0.4, 0.5) is 0 Å². The molecule has 3 rings (SSSR count). The van der Waals surface area contributed by atoms with E-state index in [2.05, 4.69) is 15.9 Å². The van der Waals surface area contributed by atoms with Crippen molar-refractivity contribution < 1.29 is 14.3 Å². The standard InChI is InChI=1S/C14H14BrNO3/c15-10-4-3-9-6-13(19-12(9)7-10)14(18)16-5-1-2-11(17)8-16/h3-4,6-7,11,17H,1-2,5,8H2. The van der Waals surface area contributed by atoms with Gasteiger partial charge in [-0.3, -0.25) is 4.79 Å². The van der Waals surface area contributed by atoms with Gasteiger partial charge < -0.3 is 14.4 Å². The van der Waals surface area contributed by atoms with E-state index in [-0.39, 0.29) is 5.91 Å². The van der Waals surface area contributed by atoms with E-state index >= 15 is 0 Å². The summed E-state index contributed by atoms with van der Waals surface area (Å²) in [6.07, 6.45) is 1.17. The highest BCUT2D eigenvalue weighted by atomic mass is 79.9. The fraction of sp³-hybridized carbons (Fsp3) is 0.357. The summed E-state index contributed by atoms with van der Waals surface area (Å²) in [5.74, 6) is 0.188. The van der Waals surface area contributed by atoms with Crippen molar-refractivity contribution in [2.75, 3.05) is 13.1 Å². The molecule has 2 aromatic rings. The molecule has 0 spiro atoms. The molecule has 1 aromatic heterocycles. The number of likely N-dealkylation sites (tertiary alicyclic amines) is 1. The Kier molecular flexibility index (Phi) is 3.33. The third-order valence-electron chi connectivity index (χ3n) is 3.38. The van der Waals surface area contributed by atoms with E-state index in [1.54, 1.807) is 11.0 Å². The molecule has 4 nitrogen and oxygen atoms in total. The van der Waals surface area contributed by atoms with Gasteiger partial charge >= 0.3 is 0 Å². The number of carbonyl (C=O) groups excluding carboxylic acids is 1. The Labute approximate surface area is 119 Å². The molecular formula is C14H14BrNO3. The van der Waals surface area contributed by atoms with Crippen molar-refractivity contribution in [3.05, 3.63) is 34.5 Å². The lowest BCUT2D eigenvalue weighted by atomic mass is 10.1. The second-order valence-corrected chi connectivity index (χ2v) is 5.76. The highest BCUT2D eigenvalue weighted by Crippen LogP contribution is 2.24. The molecule has 100 valence electrons. The smallest absolute Gasteiger partial charge is 0.289 e. The summed E-state index contributed by atoms with van der Waals surface area (Å²) in [6, 6.07) is 7.42. The Morgan fingerprint density at radius 1 is 1.42 bits per heavy atom. The number of piperidine rings is 1. The van der Waals surface area contributed by atoms with Gasteiger partial charge in [0.05, 0.1) is 6.10 Å². The molecule has 1 aliphatic rings. The fourth-order valence-corrected chi connectivity index (χ4v) is 2.75. The van der Waals surface area contributed by atoms with Gasteiger partial charge in [-0.2, -0.15) is 0 Å². The molecular weight excluding hydrogens is 310 g/mol. The van der Waals surface area contributed by atoms with Crippen molar-refractivity contribution in [1.29, 1.82) is 0 Å². The first-order valence-electron chi connectivity index (χ1n) is 6.30. The molecule has 1 saturated heterocycles. The van der Waals surface area contributed by atoms with Crippen LogP contribution in [0.5, 0.6) is 0 Å². The first-order valence-corrected chi connectivity index (χ1v) is 7.09. The number of rotatable bonds is 1. The molecule has 1 aliphatic heterocycles. The molecule has 1 unspecified atom stereocenters. The molecule has 0 bridgehead atoms. The Morgan fingerprint density at radius 3 is 3.05 bits per heavy atom. The number of benzene rings is 1. The molecule has 1 atom stereocenters. The summed E-state index contributed by atoms with van der Waals surface area (Å²) in [4.78, 5) is 14.0. The van der Waals surface area contributed by atoms with Crippen LogP contribution in [0.15, 0.2) is 33.2 Å². The van der Waals surface area contributed by atoms with Gasteiger partial charge in [-0.1, -0.05) is 15.9 Å². The topological polar surface area (TPSA) is 53.7 Å². The van der Waals surface area contributed by atoms with Crippen LogP contribution in [0.3, 0.4) is 0 Å². The lowest BCUT2D eigenvalue weighted by Gasteiger charge is -2.29. The zero-order chi connectivity index (χ0) is 13.4. The van der Waals surface area contributed by atoms with Crippen LogP contribution in [0.2, 0.25) is 0 Å². The maximum absolute atomic E-state index is 12.3. The Bertz CT molecular complexity index is 622. The summed E-state index contributed by atoms with van der Waals surface area (Å²) >= 11 is 3.37. The number of carbonyl (C=O) groups is 1. The molecule has 5 heteroatoms. The molecule has 1 N–H and O–H groups in total. The van der Waals surface area contributed by atoms with E-state index in [1.807, 2.05) is 18.2 Å². The van der Waals surface area contributed by atoms with E-state index < -0.39 is 6.10 Å². The van der Waals surface area contributed by atoms with E-state index in [4.69, 9.17) is 4.42 Å². The van der Waals surface area contributed by atoms with Gasteiger partial charge in [0.1, 0.15) is 5.58 Å². The second kappa shape index (κ2) is 4.98. The number of aliphatic hydroxyl groups is 1. The summed E-state index contributed by atoms with van der Waals surface area (Å²) in [5.41, 5.74) is 0.690. The lowest BCUT2D eigenvalue weighted by molar-refractivity contribution is 0.0450. The van der Waals surface area contributed by atoms with E-state index in [1.165, 1.54) is 0 Å². The maximum Gasteiger partial charge on any atom is 0.289 e. The number of hydrogen-bond acceptors (Lipinski definition) is 3. The fourth-order valence-electron chi connectivity index (χ4n) is 2.41. The molecule has 0 saturated carbocycles. The number of amides is 1. The van der Waals surface area contributed by atoms with Crippen molar-refractivity contribution in [2.45, 2.75) is 18.9 Å². The summed E-state index contributed by atoms with van der Waals surface area (Å²) in [5, 5.41) is 10.5. The Hall–Kier alpha value is -1.33. The molecule has 1 fully saturated rings. The minimum absolute atomic E-state index is 0.147. The predicted molar refractivity (Wildman–Crippen MR) is 75.1 cm³/mol. The number of nitrogens with zero attached hydrogens (tertiary/aromatic N) is 1. The van der Waals surface area contributed by atoms with Crippen LogP contribution in [0.1, 0.15) is 23.4 Å². The number of aliphatic hydroxyl groups excluding tert-OH is 1. The van der Waals surface area contributed by atoms with Crippen LogP contribution in [0.25, 0.3) is 11.0 Å². The number of halogens is 1. The zero-order valence-electron chi connectivity index (χ0n) is 10.3. The lowest BCUT2D eigenvalue weighted by Crippen LogP contribution is -2.42. The largest absolute Gasteiger partial charge is 0.451 e. The highest BCUT2D eigenvalue weighted by Gasteiger charge is 2.25. The van der Waals surface area contributed by atoms with E-state index in [0.717, 1.165) is 22.7 Å². The molecule has 1 amide bonds. The number of fused-ring (bicyclic) bond motifs is 1. The van der Waals surface area contributed by atoms with Crippen LogP contribution in [0, 0.1) is 0 Å². The van der Waals surface area contributed by atoms with Gasteiger partial charge in [0.15, 0.2) is 5.76 Å². The van der Waals surface area contributed by atoms with E-state index in [0.29, 0.717) is 24.4 Å². The van der Waals surface area contributed by atoms with E-state index in [9.17, 15) is 9.90 Å². The van der Waals surface area contributed by atoms with Crippen molar-refractivity contribution >= 4 is 32.8 Å². The van der Waals surface area contributed by atoms with Crippen LogP contribution in [-0.4, -0.2) is 35.1 Å². The first kappa shape index (κ1) is 12.7. The van der Waals surface area contributed by atoms with Crippen molar-refractivity contribution in [3.63, 3.8) is 0 Å². The first-order chi connectivity index (χ1) is 9.13. The van der Waals surface area contributed by atoms with Gasteiger partial charge in [-0.05, 0) is 37.1 Å². The van der Waals surface area contributed by atoms with Crippen LogP contribution >= 0.6 is 15.9 Å². The van der Waals surface area contributed by atoms with Gasteiger partial charge in [0.25, 0.3) is 5.91 Å². The number of furan rings is 1. The van der Waals surface area contributed by atoms with Crippen molar-refractivity contribution in [1.82, 2.24) is 4.90 Å². The van der Waals surface area contributed by atoms with Crippen molar-refractivity contribution in [2.24, 2.45) is 0 Å². The molecule has 19 heavy (non-hydrogen) atoms. The Morgan fingerprint density at radius 2 is 2.26 bits per heavy atom. The third kappa shape index (κ3) is 2.53. The predicted octanol–water partition coefficient (Wildman–Crippen LogP) is 2.79. The maximum atomic E-state index is 12.3. The highest BCUT2D eigenvalue weighted by molar-refractivity contribution is 9.10. The number of hydrogen-bond donors (Lipinski definition) is 1. The molecule has 0 aliphatic carbocycles. The summed E-state index contributed by atoms with van der Waals surface area (Å²) in [7, 11) is 0. The number of β-amino-alcohol motifs (C(OH)–C–C–N with tert-alkyl or cyclic N) is 1. The minimum Gasteiger partial charge on any atom is -0.451 e. The normalized spacial score (nSPS) is 19.9. The monoisotopic (exact) mass is 323 g/mol. The summed E-state index contributed by atoms with van der Waals surface area (Å²) < 4.78 is 6.51. The SMILES string of the molecule is O=C(c1cc2ccc(Br)cc2o1)N1CCCC(O)C1. The zero-order valence-corrected chi connectivity index (χ0v) is 11.9. The van der Waals surface area contributed by atoms with Crippen molar-refractivity contribution in [3.8, 4) is 0 Å². The second-order valence-electron chi connectivity index (χ2n) is 4.84. The third-order valence-corrected chi connectivity index (χ3v) is 3.87.